The van der Waals surface area contributed by atoms with Gasteiger partial charge in [-0.05, 0) is 42.8 Å². The average molecular weight is 337 g/mol. The molecule has 2 aromatic carbocycles. The molecular weight excluding hydrogens is 323 g/mol. The molecule has 0 unspecified atom stereocenters. The molecule has 0 aromatic heterocycles. The van der Waals surface area contributed by atoms with Gasteiger partial charge in [0.05, 0.1) is 11.3 Å². The van der Waals surface area contributed by atoms with E-state index >= 15 is 0 Å². The molecule has 0 bridgehead atoms. The zero-order valence-corrected chi connectivity index (χ0v) is 13.0. The fourth-order valence-corrected chi connectivity index (χ4v) is 2.04. The zero-order valence-electron chi connectivity index (χ0n) is 12.2. The number of nitrogens with one attached hydrogen (secondary N) is 1. The van der Waals surface area contributed by atoms with Crippen LogP contribution in [-0.2, 0) is 4.79 Å². The van der Waals surface area contributed by atoms with E-state index in [1.165, 1.54) is 30.3 Å². The fraction of sp³-hybridized carbons (Fsp3) is 0.125. The molecule has 2 rings (SSSR count). The van der Waals surface area contributed by atoms with Crippen molar-refractivity contribution in [3.63, 3.8) is 0 Å². The Bertz CT molecular complexity index is 765. The summed E-state index contributed by atoms with van der Waals surface area (Å²) in [4.78, 5) is 23.1. The highest BCUT2D eigenvalue weighted by atomic mass is 35.5. The molecule has 7 heteroatoms. The number of hydrogen-bond donors (Lipinski definition) is 2. The maximum Gasteiger partial charge on any atom is 0.262 e. The van der Waals surface area contributed by atoms with Crippen molar-refractivity contribution >= 4 is 29.1 Å². The van der Waals surface area contributed by atoms with Gasteiger partial charge in [0.2, 0.25) is 0 Å². The van der Waals surface area contributed by atoms with Crippen LogP contribution in [0.1, 0.15) is 15.9 Å². The molecule has 0 radical (unpaired) electrons. The number of halogens is 2. The first-order chi connectivity index (χ1) is 10.9. The summed E-state index contributed by atoms with van der Waals surface area (Å²) < 4.78 is 18.9. The molecular formula is C16H14ClFN2O3. The van der Waals surface area contributed by atoms with E-state index in [0.29, 0.717) is 5.02 Å². The molecule has 23 heavy (non-hydrogen) atoms. The third kappa shape index (κ3) is 4.43. The minimum absolute atomic E-state index is 0.0513. The van der Waals surface area contributed by atoms with Crippen molar-refractivity contribution in [2.24, 2.45) is 5.73 Å². The second-order valence-corrected chi connectivity index (χ2v) is 5.26. The highest BCUT2D eigenvalue weighted by Crippen LogP contribution is 2.22. The van der Waals surface area contributed by atoms with Gasteiger partial charge in [-0.1, -0.05) is 17.7 Å². The molecule has 0 aliphatic heterocycles. The lowest BCUT2D eigenvalue weighted by atomic mass is 10.2. The topological polar surface area (TPSA) is 81.4 Å². The second-order valence-electron chi connectivity index (χ2n) is 4.82. The Labute approximate surface area is 137 Å². The number of carbonyl (C=O) groups excluding carboxylic acids is 2. The standard InChI is InChI=1S/C16H14ClFN2O3/c1-9-2-4-13(12(18)6-9)20-15(21)8-23-14-5-3-10(17)7-11(14)16(19)22/h2-7H,8H2,1H3,(H2,19,22)(H,20,21). The molecule has 0 fully saturated rings. The van der Waals surface area contributed by atoms with Crippen LogP contribution in [-0.4, -0.2) is 18.4 Å². The Morgan fingerprint density at radius 3 is 2.65 bits per heavy atom. The van der Waals surface area contributed by atoms with Crippen LogP contribution in [0, 0.1) is 12.7 Å². The molecule has 2 aromatic rings. The minimum atomic E-state index is -0.729. The van der Waals surface area contributed by atoms with Crippen LogP contribution in [0.5, 0.6) is 5.75 Å². The predicted molar refractivity (Wildman–Crippen MR) is 85.2 cm³/mol. The van der Waals surface area contributed by atoms with Crippen molar-refractivity contribution in [3.8, 4) is 5.75 Å². The van der Waals surface area contributed by atoms with Gasteiger partial charge < -0.3 is 15.8 Å². The minimum Gasteiger partial charge on any atom is -0.483 e. The fourth-order valence-electron chi connectivity index (χ4n) is 1.87. The maximum atomic E-state index is 13.7. The number of amides is 2. The van der Waals surface area contributed by atoms with E-state index in [0.717, 1.165) is 5.56 Å². The molecule has 0 heterocycles. The van der Waals surface area contributed by atoms with Crippen molar-refractivity contribution in [1.29, 1.82) is 0 Å². The van der Waals surface area contributed by atoms with Gasteiger partial charge in [-0.15, -0.1) is 0 Å². The first-order valence-corrected chi connectivity index (χ1v) is 7.03. The van der Waals surface area contributed by atoms with Crippen molar-refractivity contribution in [1.82, 2.24) is 0 Å². The lowest BCUT2D eigenvalue weighted by Crippen LogP contribution is -2.22. The lowest BCUT2D eigenvalue weighted by molar-refractivity contribution is -0.118. The quantitative estimate of drug-likeness (QED) is 0.880. The largest absolute Gasteiger partial charge is 0.483 e. The number of ether oxygens (including phenoxy) is 1. The predicted octanol–water partition coefficient (Wildman–Crippen LogP) is 2.90. The van der Waals surface area contributed by atoms with Gasteiger partial charge in [0.25, 0.3) is 11.8 Å². The molecule has 3 N–H and O–H groups in total. The number of nitrogens with two attached hydrogens (primary N) is 1. The molecule has 0 saturated carbocycles. The smallest absolute Gasteiger partial charge is 0.262 e. The number of anilines is 1. The third-order valence-corrected chi connectivity index (χ3v) is 3.20. The van der Waals surface area contributed by atoms with Crippen LogP contribution in [0.2, 0.25) is 5.02 Å². The molecule has 0 aliphatic rings. The first-order valence-electron chi connectivity index (χ1n) is 6.65. The number of rotatable bonds is 5. The van der Waals surface area contributed by atoms with Crippen molar-refractivity contribution in [2.45, 2.75) is 6.92 Å². The Kier molecular flexibility index (Phi) is 5.18. The third-order valence-electron chi connectivity index (χ3n) is 2.96. The van der Waals surface area contributed by atoms with Crippen LogP contribution in [0.25, 0.3) is 0 Å². The summed E-state index contributed by atoms with van der Waals surface area (Å²) in [6, 6.07) is 8.71. The monoisotopic (exact) mass is 336 g/mol. The van der Waals surface area contributed by atoms with Crippen molar-refractivity contribution in [2.75, 3.05) is 11.9 Å². The Balaban J connectivity index is 2.03. The van der Waals surface area contributed by atoms with Crippen molar-refractivity contribution in [3.05, 3.63) is 58.4 Å². The van der Waals surface area contributed by atoms with Gasteiger partial charge in [0.15, 0.2) is 6.61 Å². The SMILES string of the molecule is Cc1ccc(NC(=O)COc2ccc(Cl)cc2C(N)=O)c(F)c1. The van der Waals surface area contributed by atoms with Crippen molar-refractivity contribution < 1.29 is 18.7 Å². The van der Waals surface area contributed by atoms with Gasteiger partial charge in [-0.3, -0.25) is 9.59 Å². The zero-order chi connectivity index (χ0) is 17.0. The lowest BCUT2D eigenvalue weighted by Gasteiger charge is -2.11. The second kappa shape index (κ2) is 7.11. The van der Waals surface area contributed by atoms with Crippen LogP contribution >= 0.6 is 11.6 Å². The summed E-state index contributed by atoms with van der Waals surface area (Å²) >= 11 is 5.78. The molecule has 0 aliphatic carbocycles. The van der Waals surface area contributed by atoms with E-state index in [1.807, 2.05) is 0 Å². The van der Waals surface area contributed by atoms with Crippen LogP contribution in [0.15, 0.2) is 36.4 Å². The summed E-state index contributed by atoms with van der Waals surface area (Å²) in [6.07, 6.45) is 0. The molecule has 0 spiro atoms. The maximum absolute atomic E-state index is 13.7. The highest BCUT2D eigenvalue weighted by molar-refractivity contribution is 6.31. The molecule has 0 atom stereocenters. The normalized spacial score (nSPS) is 10.2. The summed E-state index contributed by atoms with van der Waals surface area (Å²) in [5, 5.41) is 2.70. The van der Waals surface area contributed by atoms with Gasteiger partial charge in [0.1, 0.15) is 11.6 Å². The molecule has 5 nitrogen and oxygen atoms in total. The Morgan fingerprint density at radius 1 is 1.26 bits per heavy atom. The number of carbonyl (C=O) groups is 2. The molecule has 0 saturated heterocycles. The summed E-state index contributed by atoms with van der Waals surface area (Å²) in [5.74, 6) is -1.71. The summed E-state index contributed by atoms with van der Waals surface area (Å²) in [5.41, 5.74) is 6.07. The number of hydrogen-bond acceptors (Lipinski definition) is 3. The van der Waals surface area contributed by atoms with Crippen LogP contribution in [0.4, 0.5) is 10.1 Å². The van der Waals surface area contributed by atoms with E-state index in [4.69, 9.17) is 22.1 Å². The van der Waals surface area contributed by atoms with E-state index in [9.17, 15) is 14.0 Å². The number of primary amides is 1. The van der Waals surface area contributed by atoms with E-state index in [-0.39, 0.29) is 17.0 Å². The van der Waals surface area contributed by atoms with Gasteiger partial charge in [-0.25, -0.2) is 4.39 Å². The van der Waals surface area contributed by atoms with E-state index in [2.05, 4.69) is 5.32 Å². The molecule has 2 amide bonds. The Hall–Kier alpha value is -2.60. The van der Waals surface area contributed by atoms with Gasteiger partial charge in [-0.2, -0.15) is 0 Å². The summed E-state index contributed by atoms with van der Waals surface area (Å²) in [7, 11) is 0. The van der Waals surface area contributed by atoms with Gasteiger partial charge >= 0.3 is 0 Å². The number of benzene rings is 2. The first kappa shape index (κ1) is 16.8. The average Bonchev–Trinajstić information content (AvgIpc) is 2.48. The van der Waals surface area contributed by atoms with E-state index < -0.39 is 24.2 Å². The highest BCUT2D eigenvalue weighted by Gasteiger charge is 2.13. The Morgan fingerprint density at radius 2 is 2.00 bits per heavy atom. The summed E-state index contributed by atoms with van der Waals surface area (Å²) in [6.45, 7) is 1.33. The van der Waals surface area contributed by atoms with E-state index in [1.54, 1.807) is 13.0 Å². The van der Waals surface area contributed by atoms with Crippen LogP contribution < -0.4 is 15.8 Å². The molecule has 120 valence electrons. The number of aryl methyl sites for hydroxylation is 1. The van der Waals surface area contributed by atoms with Gasteiger partial charge in [0, 0.05) is 5.02 Å². The van der Waals surface area contributed by atoms with Crippen LogP contribution in [0.3, 0.4) is 0 Å².